The molecule has 1 aliphatic heterocycles. The Balaban J connectivity index is 1.53. The highest BCUT2D eigenvalue weighted by Gasteiger charge is 2.26. The number of aliphatic hydroxyl groups excluding tert-OH is 2. The molecule has 3 aromatic heterocycles. The maximum absolute atomic E-state index is 10.7. The third-order valence-corrected chi connectivity index (χ3v) is 6.60. The van der Waals surface area contributed by atoms with Crippen LogP contribution in [0.4, 0.5) is 5.82 Å². The fourth-order valence-electron chi connectivity index (χ4n) is 4.43. The second-order valence-corrected chi connectivity index (χ2v) is 9.19. The summed E-state index contributed by atoms with van der Waals surface area (Å²) in [6, 6.07) is 3.54. The molecule has 0 aliphatic carbocycles. The number of nitrogens with one attached hydrogen (secondary N) is 2. The molecule has 4 rings (SSSR count). The molecule has 4 heterocycles. The fraction of sp³-hybridized carbons (Fsp3) is 0.560. The number of hydrogen-bond donors (Lipinski definition) is 4. The molecule has 196 valence electrons. The number of H-pyrrole nitrogens is 1. The first-order valence-corrected chi connectivity index (χ1v) is 12.3. The second-order valence-electron chi connectivity index (χ2n) is 9.19. The molecular formula is C25H36N6O5. The van der Waals surface area contributed by atoms with Crippen LogP contribution >= 0.6 is 0 Å². The van der Waals surface area contributed by atoms with Gasteiger partial charge in [-0.15, -0.1) is 0 Å². The quantitative estimate of drug-likeness (QED) is 0.290. The van der Waals surface area contributed by atoms with Gasteiger partial charge in [-0.1, -0.05) is 0 Å². The Bertz CT molecular complexity index is 1130. The van der Waals surface area contributed by atoms with Crippen molar-refractivity contribution >= 4 is 16.9 Å². The van der Waals surface area contributed by atoms with Gasteiger partial charge in [0.2, 0.25) is 0 Å². The van der Waals surface area contributed by atoms with Crippen LogP contribution in [-0.2, 0) is 4.74 Å². The van der Waals surface area contributed by atoms with E-state index in [-0.39, 0.29) is 31.4 Å². The lowest BCUT2D eigenvalue weighted by Crippen LogP contribution is -2.35. The molecular weight excluding hydrogens is 464 g/mol. The number of aromatic amines is 1. The van der Waals surface area contributed by atoms with Gasteiger partial charge >= 0.3 is 6.01 Å². The lowest BCUT2D eigenvalue weighted by atomic mass is 9.89. The number of pyridine rings is 1. The number of fused-ring (bicyclic) bond motifs is 1. The number of aliphatic hydroxyl groups is 2. The molecule has 1 aliphatic rings. The van der Waals surface area contributed by atoms with Crippen molar-refractivity contribution in [3.8, 4) is 11.8 Å². The maximum atomic E-state index is 10.7. The van der Waals surface area contributed by atoms with E-state index in [2.05, 4.69) is 30.2 Å². The highest BCUT2D eigenvalue weighted by Crippen LogP contribution is 2.37. The molecule has 36 heavy (non-hydrogen) atoms. The first-order chi connectivity index (χ1) is 17.4. The molecule has 1 unspecified atom stereocenters. The van der Waals surface area contributed by atoms with Gasteiger partial charge in [0, 0.05) is 44.7 Å². The van der Waals surface area contributed by atoms with Crippen LogP contribution in [0.3, 0.4) is 0 Å². The van der Waals surface area contributed by atoms with Gasteiger partial charge in [0.05, 0.1) is 30.9 Å². The third-order valence-electron chi connectivity index (χ3n) is 6.60. The number of hydrogen-bond acceptors (Lipinski definition) is 10. The molecule has 0 bridgehead atoms. The van der Waals surface area contributed by atoms with Crippen molar-refractivity contribution in [3.63, 3.8) is 0 Å². The molecule has 1 fully saturated rings. The molecule has 0 spiro atoms. The summed E-state index contributed by atoms with van der Waals surface area (Å²) in [5, 5.41) is 24.0. The summed E-state index contributed by atoms with van der Waals surface area (Å²) in [6.07, 6.45) is 4.43. The topological polar surface area (TPSA) is 138 Å². The lowest BCUT2D eigenvalue weighted by molar-refractivity contribution is 0.0668. The zero-order chi connectivity index (χ0) is 25.7. The van der Waals surface area contributed by atoms with Gasteiger partial charge in [0.15, 0.2) is 0 Å². The number of piperidine rings is 1. The summed E-state index contributed by atoms with van der Waals surface area (Å²) < 4.78 is 16.6. The van der Waals surface area contributed by atoms with E-state index in [4.69, 9.17) is 14.2 Å². The van der Waals surface area contributed by atoms with Gasteiger partial charge in [-0.05, 0) is 44.2 Å². The van der Waals surface area contributed by atoms with Crippen molar-refractivity contribution in [1.82, 2.24) is 25.3 Å². The lowest BCUT2D eigenvalue weighted by Gasteiger charge is -2.33. The van der Waals surface area contributed by atoms with Crippen LogP contribution in [0.25, 0.3) is 11.0 Å². The zero-order valence-electron chi connectivity index (χ0n) is 21.3. The Kier molecular flexibility index (Phi) is 8.57. The molecule has 11 heteroatoms. The molecule has 0 radical (unpaired) electrons. The van der Waals surface area contributed by atoms with Crippen LogP contribution in [0.5, 0.6) is 11.8 Å². The van der Waals surface area contributed by atoms with Crippen LogP contribution in [-0.4, -0.2) is 82.8 Å². The van der Waals surface area contributed by atoms with E-state index in [1.807, 2.05) is 19.2 Å². The molecule has 0 amide bonds. The molecule has 4 N–H and O–H groups in total. The van der Waals surface area contributed by atoms with Crippen molar-refractivity contribution < 1.29 is 24.4 Å². The summed E-state index contributed by atoms with van der Waals surface area (Å²) in [4.78, 5) is 18.9. The van der Waals surface area contributed by atoms with Crippen molar-refractivity contribution in [3.05, 3.63) is 35.8 Å². The smallest absolute Gasteiger partial charge is 0.318 e. The van der Waals surface area contributed by atoms with Gasteiger partial charge in [-0.2, -0.15) is 9.97 Å². The molecule has 3 aromatic rings. The summed E-state index contributed by atoms with van der Waals surface area (Å²) in [5.41, 5.74) is 2.43. The number of ether oxygens (including phenoxy) is 3. The Labute approximate surface area is 210 Å². The van der Waals surface area contributed by atoms with Gasteiger partial charge in [0.1, 0.15) is 30.0 Å². The number of aromatic nitrogens is 4. The molecule has 0 aromatic carbocycles. The van der Waals surface area contributed by atoms with E-state index in [0.717, 1.165) is 42.7 Å². The van der Waals surface area contributed by atoms with Crippen molar-refractivity contribution in [2.24, 2.45) is 0 Å². The standard InChI is InChI=1S/C25H36N6O5/c1-15(13-32)28-24(33)19-11-21(30-25(29-19)36-14-16(2)34-3)31-9-6-17(7-10-31)18-12-27-23-22(18)20(35-4)5-8-26-23/h5,8,11-12,15-17,24,28,32-33H,6-7,9-10,13-14H2,1-4H3,(H,26,27)/t15-,16+,24?/m1/s1. The van der Waals surface area contributed by atoms with Crippen LogP contribution in [0.1, 0.15) is 50.1 Å². The zero-order valence-corrected chi connectivity index (χ0v) is 21.3. The van der Waals surface area contributed by atoms with E-state index < -0.39 is 6.23 Å². The molecule has 1 saturated heterocycles. The number of anilines is 1. The summed E-state index contributed by atoms with van der Waals surface area (Å²) >= 11 is 0. The van der Waals surface area contributed by atoms with E-state index in [1.165, 1.54) is 5.56 Å². The predicted octanol–water partition coefficient (Wildman–Crippen LogP) is 2.12. The first-order valence-electron chi connectivity index (χ1n) is 12.3. The van der Waals surface area contributed by atoms with E-state index in [1.54, 1.807) is 33.4 Å². The van der Waals surface area contributed by atoms with Gasteiger partial charge in [-0.3, -0.25) is 5.32 Å². The Morgan fingerprint density at radius 1 is 1.22 bits per heavy atom. The van der Waals surface area contributed by atoms with Crippen molar-refractivity contribution in [2.45, 2.75) is 51.0 Å². The predicted molar refractivity (Wildman–Crippen MR) is 135 cm³/mol. The van der Waals surface area contributed by atoms with Crippen molar-refractivity contribution in [1.29, 1.82) is 0 Å². The number of methoxy groups -OCH3 is 2. The van der Waals surface area contributed by atoms with Crippen LogP contribution in [0, 0.1) is 0 Å². The average Bonchev–Trinajstić information content (AvgIpc) is 3.36. The average molecular weight is 501 g/mol. The third kappa shape index (κ3) is 5.86. The minimum Gasteiger partial charge on any atom is -0.496 e. The van der Waals surface area contributed by atoms with Crippen LogP contribution in [0.2, 0.25) is 0 Å². The summed E-state index contributed by atoms with van der Waals surface area (Å²) in [7, 11) is 3.29. The minimum atomic E-state index is -1.07. The Morgan fingerprint density at radius 2 is 2.00 bits per heavy atom. The van der Waals surface area contributed by atoms with Gasteiger partial charge in [0.25, 0.3) is 0 Å². The highest BCUT2D eigenvalue weighted by atomic mass is 16.5. The Hall–Kier alpha value is -2.99. The SMILES string of the molecule is COc1ccnc2[nH]cc(C3CCN(c4cc(C(O)N[C@H](C)CO)nc(OC[C@H](C)OC)n4)CC3)c12. The summed E-state index contributed by atoms with van der Waals surface area (Å²) in [6.45, 7) is 5.41. The monoisotopic (exact) mass is 500 g/mol. The second kappa shape index (κ2) is 11.8. The van der Waals surface area contributed by atoms with E-state index >= 15 is 0 Å². The summed E-state index contributed by atoms with van der Waals surface area (Å²) in [5.74, 6) is 1.87. The largest absolute Gasteiger partial charge is 0.496 e. The number of rotatable bonds is 11. The first kappa shape index (κ1) is 26.1. The highest BCUT2D eigenvalue weighted by molar-refractivity contribution is 5.86. The van der Waals surface area contributed by atoms with Crippen LogP contribution < -0.4 is 19.7 Å². The van der Waals surface area contributed by atoms with Crippen molar-refractivity contribution in [2.75, 3.05) is 45.4 Å². The molecule has 0 saturated carbocycles. The fourth-order valence-corrected chi connectivity index (χ4v) is 4.43. The van der Waals surface area contributed by atoms with E-state index in [0.29, 0.717) is 17.4 Å². The maximum Gasteiger partial charge on any atom is 0.318 e. The van der Waals surface area contributed by atoms with Crippen LogP contribution in [0.15, 0.2) is 24.5 Å². The Morgan fingerprint density at radius 3 is 2.69 bits per heavy atom. The van der Waals surface area contributed by atoms with E-state index in [9.17, 15) is 10.2 Å². The molecule has 3 atom stereocenters. The van der Waals surface area contributed by atoms with Gasteiger partial charge in [-0.25, -0.2) is 4.98 Å². The normalized spacial score (nSPS) is 17.2. The minimum absolute atomic E-state index is 0.106. The number of nitrogens with zero attached hydrogens (tertiary/aromatic N) is 4. The van der Waals surface area contributed by atoms with Gasteiger partial charge < -0.3 is 34.3 Å². The molecule has 11 nitrogen and oxygen atoms in total.